The van der Waals surface area contributed by atoms with Crippen LogP contribution in [0.3, 0.4) is 0 Å². The normalized spacial score (nSPS) is 10.5. The number of benzene rings is 1. The Labute approximate surface area is 98.9 Å². The van der Waals surface area contributed by atoms with Crippen LogP contribution < -0.4 is 4.74 Å². The van der Waals surface area contributed by atoms with E-state index in [1.165, 1.54) is 19.2 Å². The van der Waals surface area contributed by atoms with Gasteiger partial charge in [0.15, 0.2) is 11.5 Å². The highest BCUT2D eigenvalue weighted by atomic mass is 16.5. The molecule has 0 bridgehead atoms. The molecule has 2 N–H and O–H groups in total. The van der Waals surface area contributed by atoms with E-state index < -0.39 is 5.97 Å². The molecule has 5 nitrogen and oxygen atoms in total. The standard InChI is InChI=1S/C12H14O5/c1-3-4-5-17-11-9(13)6-8(7-10(11)14)12(15)16-2/h3-4,6-7,13-14H,5H2,1-2H3/b4-3+. The van der Waals surface area contributed by atoms with Gasteiger partial charge in [0.25, 0.3) is 0 Å². The molecule has 17 heavy (non-hydrogen) atoms. The number of hydrogen-bond acceptors (Lipinski definition) is 5. The molecule has 0 radical (unpaired) electrons. The minimum absolute atomic E-state index is 0.0564. The Hall–Kier alpha value is -2.17. The number of rotatable bonds is 4. The van der Waals surface area contributed by atoms with Crippen molar-refractivity contribution < 1.29 is 24.5 Å². The van der Waals surface area contributed by atoms with Crippen molar-refractivity contribution in [1.29, 1.82) is 0 Å². The van der Waals surface area contributed by atoms with Crippen molar-refractivity contribution in [2.75, 3.05) is 13.7 Å². The zero-order valence-corrected chi connectivity index (χ0v) is 9.64. The summed E-state index contributed by atoms with van der Waals surface area (Å²) >= 11 is 0. The van der Waals surface area contributed by atoms with Gasteiger partial charge in [-0.2, -0.15) is 0 Å². The van der Waals surface area contributed by atoms with Crippen molar-refractivity contribution in [2.24, 2.45) is 0 Å². The zero-order valence-electron chi connectivity index (χ0n) is 9.64. The van der Waals surface area contributed by atoms with Gasteiger partial charge in [-0.05, 0) is 19.1 Å². The predicted molar refractivity (Wildman–Crippen MR) is 61.4 cm³/mol. The molecule has 0 saturated carbocycles. The van der Waals surface area contributed by atoms with E-state index in [0.717, 1.165) is 0 Å². The zero-order chi connectivity index (χ0) is 12.8. The van der Waals surface area contributed by atoms with Crippen molar-refractivity contribution >= 4 is 5.97 Å². The Balaban J connectivity index is 2.98. The molecular formula is C12H14O5. The van der Waals surface area contributed by atoms with Crippen LogP contribution in [-0.2, 0) is 4.74 Å². The highest BCUT2D eigenvalue weighted by Crippen LogP contribution is 2.37. The number of carbonyl (C=O) groups is 1. The molecule has 0 fully saturated rings. The SMILES string of the molecule is C/C=C/COc1c(O)cc(C(=O)OC)cc1O. The van der Waals surface area contributed by atoms with Gasteiger partial charge in [0.05, 0.1) is 12.7 Å². The van der Waals surface area contributed by atoms with Crippen molar-refractivity contribution in [3.8, 4) is 17.2 Å². The van der Waals surface area contributed by atoms with Gasteiger partial charge in [-0.25, -0.2) is 4.79 Å². The summed E-state index contributed by atoms with van der Waals surface area (Å²) in [4.78, 5) is 11.2. The van der Waals surface area contributed by atoms with Crippen LogP contribution in [0.15, 0.2) is 24.3 Å². The summed E-state index contributed by atoms with van der Waals surface area (Å²) in [6.45, 7) is 2.04. The first-order chi connectivity index (χ1) is 8.10. The second-order valence-electron chi connectivity index (χ2n) is 3.22. The summed E-state index contributed by atoms with van der Waals surface area (Å²) in [5, 5.41) is 19.2. The molecule has 0 spiro atoms. The number of ether oxygens (including phenoxy) is 2. The highest BCUT2D eigenvalue weighted by Gasteiger charge is 2.15. The van der Waals surface area contributed by atoms with Crippen LogP contribution in [0.1, 0.15) is 17.3 Å². The Kier molecular flexibility index (Phi) is 4.39. The topological polar surface area (TPSA) is 76.0 Å². The lowest BCUT2D eigenvalue weighted by atomic mass is 10.2. The molecule has 0 unspecified atom stereocenters. The Morgan fingerprint density at radius 1 is 1.35 bits per heavy atom. The van der Waals surface area contributed by atoms with Gasteiger partial charge < -0.3 is 19.7 Å². The quantitative estimate of drug-likeness (QED) is 0.618. The lowest BCUT2D eigenvalue weighted by Gasteiger charge is -2.09. The highest BCUT2D eigenvalue weighted by molar-refractivity contribution is 5.91. The fourth-order valence-corrected chi connectivity index (χ4v) is 1.21. The largest absolute Gasteiger partial charge is 0.504 e. The van der Waals surface area contributed by atoms with Crippen LogP contribution in [-0.4, -0.2) is 29.9 Å². The van der Waals surface area contributed by atoms with Crippen molar-refractivity contribution in [1.82, 2.24) is 0 Å². The number of carbonyl (C=O) groups excluding carboxylic acids is 1. The molecule has 92 valence electrons. The van der Waals surface area contributed by atoms with Crippen LogP contribution in [0.25, 0.3) is 0 Å². The molecule has 1 aromatic carbocycles. The number of esters is 1. The summed E-state index contributed by atoms with van der Waals surface area (Å²) in [6, 6.07) is 2.35. The Bertz CT molecular complexity index is 414. The van der Waals surface area contributed by atoms with Gasteiger partial charge in [-0.3, -0.25) is 0 Å². The van der Waals surface area contributed by atoms with Gasteiger partial charge >= 0.3 is 5.97 Å². The fourth-order valence-electron chi connectivity index (χ4n) is 1.21. The van der Waals surface area contributed by atoms with Crippen molar-refractivity contribution in [3.05, 3.63) is 29.8 Å². The summed E-state index contributed by atoms with van der Waals surface area (Å²) in [5.41, 5.74) is 0.0564. The maximum atomic E-state index is 11.2. The third-order valence-electron chi connectivity index (χ3n) is 2.03. The first-order valence-electron chi connectivity index (χ1n) is 4.98. The van der Waals surface area contributed by atoms with Crippen LogP contribution in [0.4, 0.5) is 0 Å². The number of methoxy groups -OCH3 is 1. The van der Waals surface area contributed by atoms with Crippen LogP contribution in [0, 0.1) is 0 Å². The molecule has 0 aliphatic rings. The van der Waals surface area contributed by atoms with Crippen LogP contribution in [0.5, 0.6) is 17.2 Å². The fraction of sp³-hybridized carbons (Fsp3) is 0.250. The first-order valence-corrected chi connectivity index (χ1v) is 4.98. The van der Waals surface area contributed by atoms with E-state index in [4.69, 9.17) is 4.74 Å². The lowest BCUT2D eigenvalue weighted by molar-refractivity contribution is 0.0599. The molecule has 0 saturated heterocycles. The average molecular weight is 238 g/mol. The molecule has 0 aliphatic carbocycles. The van der Waals surface area contributed by atoms with E-state index in [-0.39, 0.29) is 29.4 Å². The summed E-state index contributed by atoms with van der Waals surface area (Å²) < 4.78 is 9.61. The molecule has 0 amide bonds. The predicted octanol–water partition coefficient (Wildman–Crippen LogP) is 1.84. The van der Waals surface area contributed by atoms with Gasteiger partial charge in [0, 0.05) is 0 Å². The molecule has 5 heteroatoms. The Morgan fingerprint density at radius 3 is 2.41 bits per heavy atom. The van der Waals surface area contributed by atoms with E-state index >= 15 is 0 Å². The minimum Gasteiger partial charge on any atom is -0.504 e. The summed E-state index contributed by atoms with van der Waals surface area (Å²) in [6.07, 6.45) is 3.49. The number of hydrogen-bond donors (Lipinski definition) is 2. The third-order valence-corrected chi connectivity index (χ3v) is 2.03. The molecular weight excluding hydrogens is 224 g/mol. The molecule has 0 heterocycles. The number of phenolic OH excluding ortho intramolecular Hbond substituents is 2. The second-order valence-corrected chi connectivity index (χ2v) is 3.22. The van der Waals surface area contributed by atoms with Crippen LogP contribution in [0.2, 0.25) is 0 Å². The summed E-state index contributed by atoms with van der Waals surface area (Å²) in [5.74, 6) is -1.32. The number of phenols is 2. The van der Waals surface area contributed by atoms with E-state index in [1.807, 2.05) is 6.92 Å². The van der Waals surface area contributed by atoms with E-state index in [9.17, 15) is 15.0 Å². The van der Waals surface area contributed by atoms with E-state index in [1.54, 1.807) is 12.2 Å². The summed E-state index contributed by atoms with van der Waals surface area (Å²) in [7, 11) is 1.22. The molecule has 0 aliphatic heterocycles. The minimum atomic E-state index is -0.643. The van der Waals surface area contributed by atoms with Gasteiger partial charge in [-0.15, -0.1) is 0 Å². The Morgan fingerprint density at radius 2 is 1.94 bits per heavy atom. The monoisotopic (exact) mass is 238 g/mol. The third kappa shape index (κ3) is 3.14. The molecule has 0 atom stereocenters. The lowest BCUT2D eigenvalue weighted by Crippen LogP contribution is -2.02. The van der Waals surface area contributed by atoms with Gasteiger partial charge in [-0.1, -0.05) is 12.2 Å². The van der Waals surface area contributed by atoms with Crippen LogP contribution >= 0.6 is 0 Å². The first kappa shape index (κ1) is 12.9. The average Bonchev–Trinajstić information content (AvgIpc) is 2.31. The second kappa shape index (κ2) is 5.79. The molecule has 0 aromatic heterocycles. The molecule has 1 rings (SSSR count). The smallest absolute Gasteiger partial charge is 0.338 e. The maximum absolute atomic E-state index is 11.2. The van der Waals surface area contributed by atoms with Gasteiger partial charge in [0.1, 0.15) is 6.61 Å². The van der Waals surface area contributed by atoms with Crippen molar-refractivity contribution in [3.63, 3.8) is 0 Å². The molecule has 1 aromatic rings. The van der Waals surface area contributed by atoms with Crippen molar-refractivity contribution in [2.45, 2.75) is 6.92 Å². The number of aromatic hydroxyl groups is 2. The maximum Gasteiger partial charge on any atom is 0.338 e. The number of allylic oxidation sites excluding steroid dienone is 1. The van der Waals surface area contributed by atoms with Gasteiger partial charge in [0.2, 0.25) is 5.75 Å². The van der Waals surface area contributed by atoms with E-state index in [0.29, 0.717) is 0 Å². The van der Waals surface area contributed by atoms with E-state index in [2.05, 4.69) is 4.74 Å².